The highest BCUT2D eigenvalue weighted by Crippen LogP contribution is 2.35. The Morgan fingerprint density at radius 3 is 2.81 bits per heavy atom. The van der Waals surface area contributed by atoms with Crippen LogP contribution in [0.2, 0.25) is 0 Å². The Hall–Kier alpha value is -2.97. The van der Waals surface area contributed by atoms with E-state index in [2.05, 4.69) is 51.4 Å². The normalized spacial score (nSPS) is 13.2. The molecule has 0 unspecified atom stereocenters. The zero-order chi connectivity index (χ0) is 22.1. The molecular weight excluding hydrogens is 438 g/mol. The fraction of sp³-hybridized carbons (Fsp3) is 0.250. The van der Waals surface area contributed by atoms with Crippen molar-refractivity contribution < 1.29 is 4.79 Å². The molecule has 0 aliphatic carbocycles. The lowest BCUT2D eigenvalue weighted by Crippen LogP contribution is -2.30. The summed E-state index contributed by atoms with van der Waals surface area (Å²) in [5.74, 6) is 0.228. The number of aromatic nitrogens is 3. The van der Waals surface area contributed by atoms with Gasteiger partial charge in [-0.3, -0.25) is 4.79 Å². The van der Waals surface area contributed by atoms with Crippen LogP contribution in [0.4, 0.5) is 10.8 Å². The SMILES string of the molecule is Cc1ccc(NC(=O)CSc2ncnc3nc(N4CCc5ccccc5C4)sc23)cc1C. The van der Waals surface area contributed by atoms with E-state index in [1.807, 2.05) is 25.1 Å². The van der Waals surface area contributed by atoms with Crippen LogP contribution in [-0.2, 0) is 17.8 Å². The Bertz CT molecular complexity index is 1300. The van der Waals surface area contributed by atoms with Crippen LogP contribution in [0.25, 0.3) is 10.3 Å². The Balaban J connectivity index is 1.29. The third-order valence-corrected chi connectivity index (χ3v) is 7.91. The van der Waals surface area contributed by atoms with Gasteiger partial charge in [0.25, 0.3) is 0 Å². The lowest BCUT2D eigenvalue weighted by molar-refractivity contribution is -0.113. The molecule has 8 heteroatoms. The van der Waals surface area contributed by atoms with Crippen molar-refractivity contribution in [3.63, 3.8) is 0 Å². The molecule has 2 aromatic carbocycles. The summed E-state index contributed by atoms with van der Waals surface area (Å²) >= 11 is 3.02. The molecular formula is C24H23N5OS2. The zero-order valence-electron chi connectivity index (χ0n) is 18.0. The summed E-state index contributed by atoms with van der Waals surface area (Å²) < 4.78 is 0.935. The number of thiazole rings is 1. The maximum atomic E-state index is 12.5. The molecule has 32 heavy (non-hydrogen) atoms. The summed E-state index contributed by atoms with van der Waals surface area (Å²) in [5, 5.41) is 4.72. The fourth-order valence-electron chi connectivity index (χ4n) is 3.77. The number of fused-ring (bicyclic) bond motifs is 2. The van der Waals surface area contributed by atoms with Gasteiger partial charge >= 0.3 is 0 Å². The average molecular weight is 462 g/mol. The van der Waals surface area contributed by atoms with E-state index in [1.54, 1.807) is 11.3 Å². The van der Waals surface area contributed by atoms with E-state index in [9.17, 15) is 4.79 Å². The Morgan fingerprint density at radius 2 is 1.97 bits per heavy atom. The first-order valence-corrected chi connectivity index (χ1v) is 12.3. The van der Waals surface area contributed by atoms with Crippen molar-refractivity contribution in [2.75, 3.05) is 22.5 Å². The minimum atomic E-state index is -0.0533. The van der Waals surface area contributed by atoms with Crippen LogP contribution in [-0.4, -0.2) is 33.2 Å². The monoisotopic (exact) mass is 461 g/mol. The van der Waals surface area contributed by atoms with E-state index < -0.39 is 0 Å². The maximum absolute atomic E-state index is 12.5. The number of nitrogens with zero attached hydrogens (tertiary/aromatic N) is 4. The minimum absolute atomic E-state index is 0.0533. The first-order chi connectivity index (χ1) is 15.6. The molecule has 0 bridgehead atoms. The second-order valence-corrected chi connectivity index (χ2v) is 9.85. The summed E-state index contributed by atoms with van der Waals surface area (Å²) in [6, 6.07) is 14.5. The van der Waals surface area contributed by atoms with Crippen LogP contribution in [0, 0.1) is 13.8 Å². The molecule has 0 fully saturated rings. The Kier molecular flexibility index (Phi) is 5.80. The van der Waals surface area contributed by atoms with Gasteiger partial charge in [0, 0.05) is 18.8 Å². The van der Waals surface area contributed by atoms with Gasteiger partial charge in [-0.1, -0.05) is 53.4 Å². The van der Waals surface area contributed by atoms with Crippen LogP contribution in [0.15, 0.2) is 53.8 Å². The number of thioether (sulfide) groups is 1. The maximum Gasteiger partial charge on any atom is 0.234 e. The molecule has 4 aromatic rings. The van der Waals surface area contributed by atoms with Gasteiger partial charge in [-0.15, -0.1) is 0 Å². The highest BCUT2D eigenvalue weighted by molar-refractivity contribution is 8.00. The predicted octanol–water partition coefficient (Wildman–Crippen LogP) is 5.00. The molecule has 0 atom stereocenters. The van der Waals surface area contributed by atoms with Crippen molar-refractivity contribution >= 4 is 50.2 Å². The standard InChI is InChI=1S/C24H23N5OS2/c1-15-7-8-19(11-16(15)2)27-20(30)13-31-23-21-22(25-14-26-23)28-24(32-21)29-10-9-17-5-3-4-6-18(17)12-29/h3-8,11,14H,9-10,12-13H2,1-2H3,(H,27,30). The molecule has 1 N–H and O–H groups in total. The average Bonchev–Trinajstić information content (AvgIpc) is 3.25. The van der Waals surface area contributed by atoms with Crippen LogP contribution in [0.5, 0.6) is 0 Å². The third kappa shape index (κ3) is 4.33. The van der Waals surface area contributed by atoms with E-state index in [1.165, 1.54) is 34.8 Å². The van der Waals surface area contributed by atoms with Crippen molar-refractivity contribution in [1.82, 2.24) is 15.0 Å². The van der Waals surface area contributed by atoms with Gasteiger partial charge < -0.3 is 10.2 Å². The number of hydrogen-bond donors (Lipinski definition) is 1. The number of anilines is 2. The van der Waals surface area contributed by atoms with Gasteiger partial charge in [0.15, 0.2) is 10.8 Å². The van der Waals surface area contributed by atoms with Gasteiger partial charge in [-0.2, -0.15) is 4.98 Å². The minimum Gasteiger partial charge on any atom is -0.343 e. The lowest BCUT2D eigenvalue weighted by atomic mass is 10.0. The van der Waals surface area contributed by atoms with Crippen LogP contribution in [0.1, 0.15) is 22.3 Å². The summed E-state index contributed by atoms with van der Waals surface area (Å²) in [5.41, 5.74) is 6.63. The number of carbonyl (C=O) groups excluding carboxylic acids is 1. The number of amides is 1. The van der Waals surface area contributed by atoms with Crippen molar-refractivity contribution in [3.05, 3.63) is 71.0 Å². The van der Waals surface area contributed by atoms with Crippen molar-refractivity contribution in [1.29, 1.82) is 0 Å². The number of hydrogen-bond acceptors (Lipinski definition) is 7. The summed E-state index contributed by atoms with van der Waals surface area (Å²) in [6.45, 7) is 5.89. The summed E-state index contributed by atoms with van der Waals surface area (Å²) in [6.07, 6.45) is 2.54. The third-order valence-electron chi connectivity index (χ3n) is 5.68. The summed E-state index contributed by atoms with van der Waals surface area (Å²) in [7, 11) is 0. The quantitative estimate of drug-likeness (QED) is 0.333. The molecule has 6 nitrogen and oxygen atoms in total. The van der Waals surface area contributed by atoms with Gasteiger partial charge in [0.1, 0.15) is 16.1 Å². The van der Waals surface area contributed by atoms with Gasteiger partial charge in [0.05, 0.1) is 5.75 Å². The second-order valence-electron chi connectivity index (χ2n) is 7.90. The molecule has 2 aromatic heterocycles. The van der Waals surface area contributed by atoms with E-state index in [0.717, 1.165) is 45.6 Å². The molecule has 5 rings (SSSR count). The van der Waals surface area contributed by atoms with Gasteiger partial charge in [-0.05, 0) is 54.7 Å². The van der Waals surface area contributed by atoms with Crippen molar-refractivity contribution in [2.24, 2.45) is 0 Å². The van der Waals surface area contributed by atoms with E-state index in [4.69, 9.17) is 4.98 Å². The van der Waals surface area contributed by atoms with E-state index in [-0.39, 0.29) is 11.7 Å². The van der Waals surface area contributed by atoms with E-state index in [0.29, 0.717) is 5.65 Å². The second kappa shape index (κ2) is 8.88. The number of nitrogens with one attached hydrogen (secondary N) is 1. The highest BCUT2D eigenvalue weighted by Gasteiger charge is 2.21. The summed E-state index contributed by atoms with van der Waals surface area (Å²) in [4.78, 5) is 28.3. The van der Waals surface area contributed by atoms with Gasteiger partial charge in [-0.25, -0.2) is 9.97 Å². The molecule has 1 aliphatic heterocycles. The molecule has 1 amide bonds. The number of carbonyl (C=O) groups is 1. The molecule has 0 saturated carbocycles. The molecule has 0 saturated heterocycles. The first-order valence-electron chi connectivity index (χ1n) is 10.5. The lowest BCUT2D eigenvalue weighted by Gasteiger charge is -2.28. The fourth-order valence-corrected chi connectivity index (χ4v) is 5.68. The van der Waals surface area contributed by atoms with Crippen LogP contribution < -0.4 is 10.2 Å². The number of aryl methyl sites for hydroxylation is 2. The Labute approximate surface area is 195 Å². The van der Waals surface area contributed by atoms with Crippen molar-refractivity contribution in [3.8, 4) is 0 Å². The molecule has 3 heterocycles. The van der Waals surface area contributed by atoms with E-state index >= 15 is 0 Å². The predicted molar refractivity (Wildman–Crippen MR) is 132 cm³/mol. The topological polar surface area (TPSA) is 71.0 Å². The molecule has 0 spiro atoms. The zero-order valence-corrected chi connectivity index (χ0v) is 19.6. The first kappa shape index (κ1) is 20.9. The molecule has 162 valence electrons. The molecule has 0 radical (unpaired) electrons. The number of rotatable bonds is 5. The number of benzene rings is 2. The smallest absolute Gasteiger partial charge is 0.234 e. The largest absolute Gasteiger partial charge is 0.343 e. The Morgan fingerprint density at radius 1 is 1.12 bits per heavy atom. The highest BCUT2D eigenvalue weighted by atomic mass is 32.2. The molecule has 1 aliphatic rings. The van der Waals surface area contributed by atoms with Gasteiger partial charge in [0.2, 0.25) is 5.91 Å². The van der Waals surface area contributed by atoms with Crippen LogP contribution in [0.3, 0.4) is 0 Å². The van der Waals surface area contributed by atoms with Crippen LogP contribution >= 0.6 is 23.1 Å². The van der Waals surface area contributed by atoms with Crippen molar-refractivity contribution in [2.45, 2.75) is 31.8 Å².